The maximum absolute atomic E-state index is 13.1. The fourth-order valence-electron chi connectivity index (χ4n) is 2.01. The molecule has 0 radical (unpaired) electrons. The number of halogens is 4. The summed E-state index contributed by atoms with van der Waals surface area (Å²) in [5, 5.41) is 0. The summed E-state index contributed by atoms with van der Waals surface area (Å²) in [5.41, 5.74) is -1.26. The predicted molar refractivity (Wildman–Crippen MR) is 69.4 cm³/mol. The molecule has 1 N–H and O–H groups in total. The highest BCUT2D eigenvalue weighted by atomic mass is 19.4. The number of alkyl halides is 3. The molecular formula is C14H12F4N2O. The average Bonchev–Trinajstić information content (AvgIpc) is 2.40. The average molecular weight is 300 g/mol. The molecule has 7 heteroatoms. The second-order valence-corrected chi connectivity index (χ2v) is 4.53. The smallest absolute Gasteiger partial charge is 0.306 e. The largest absolute Gasteiger partial charge is 0.417 e. The van der Waals surface area contributed by atoms with Crippen molar-refractivity contribution in [3.8, 4) is 11.4 Å². The molecule has 0 aliphatic heterocycles. The molecule has 0 saturated carbocycles. The zero-order chi connectivity index (χ0) is 15.8. The van der Waals surface area contributed by atoms with Crippen LogP contribution >= 0.6 is 0 Å². The van der Waals surface area contributed by atoms with Crippen LogP contribution in [0.15, 0.2) is 23.0 Å². The summed E-state index contributed by atoms with van der Waals surface area (Å²) < 4.78 is 52.1. The van der Waals surface area contributed by atoms with Crippen molar-refractivity contribution in [3.63, 3.8) is 0 Å². The molecule has 0 bridgehead atoms. The van der Waals surface area contributed by atoms with Gasteiger partial charge in [0, 0.05) is 11.1 Å². The maximum atomic E-state index is 13.1. The molecular weight excluding hydrogens is 288 g/mol. The molecule has 0 aliphatic carbocycles. The number of hydrogen-bond acceptors (Lipinski definition) is 2. The van der Waals surface area contributed by atoms with Crippen molar-refractivity contribution in [1.82, 2.24) is 9.97 Å². The third-order valence-electron chi connectivity index (χ3n) is 3.13. The number of H-pyrrole nitrogens is 1. The second kappa shape index (κ2) is 5.31. The van der Waals surface area contributed by atoms with Crippen molar-refractivity contribution in [1.29, 1.82) is 0 Å². The molecule has 0 spiro atoms. The van der Waals surface area contributed by atoms with Gasteiger partial charge in [0.25, 0.3) is 5.56 Å². The van der Waals surface area contributed by atoms with Gasteiger partial charge in [-0.25, -0.2) is 9.37 Å². The number of rotatable bonds is 2. The van der Waals surface area contributed by atoms with E-state index in [0.29, 0.717) is 23.7 Å². The van der Waals surface area contributed by atoms with Crippen LogP contribution in [0.25, 0.3) is 11.4 Å². The molecule has 2 aromatic rings. The molecule has 21 heavy (non-hydrogen) atoms. The first-order chi connectivity index (χ1) is 9.74. The molecule has 2 rings (SSSR count). The molecule has 0 atom stereocenters. The Morgan fingerprint density at radius 3 is 2.52 bits per heavy atom. The lowest BCUT2D eigenvalue weighted by atomic mass is 10.1. The van der Waals surface area contributed by atoms with Crippen LogP contribution in [0, 0.1) is 12.7 Å². The number of hydrogen-bond donors (Lipinski definition) is 1. The third kappa shape index (κ3) is 2.96. The molecule has 0 unspecified atom stereocenters. The minimum absolute atomic E-state index is 0.213. The van der Waals surface area contributed by atoms with Crippen LogP contribution < -0.4 is 5.56 Å². The minimum atomic E-state index is -4.74. The number of nitrogens with zero attached hydrogens (tertiary/aromatic N) is 1. The first-order valence-electron chi connectivity index (χ1n) is 6.21. The third-order valence-corrected chi connectivity index (χ3v) is 3.13. The topological polar surface area (TPSA) is 45.8 Å². The van der Waals surface area contributed by atoms with E-state index in [1.54, 1.807) is 13.8 Å². The fraction of sp³-hybridized carbons (Fsp3) is 0.286. The molecule has 3 nitrogen and oxygen atoms in total. The van der Waals surface area contributed by atoms with Gasteiger partial charge >= 0.3 is 6.18 Å². The van der Waals surface area contributed by atoms with E-state index in [9.17, 15) is 22.4 Å². The number of aromatic nitrogens is 2. The van der Waals surface area contributed by atoms with Gasteiger partial charge in [-0.15, -0.1) is 0 Å². The Kier molecular flexibility index (Phi) is 3.85. The van der Waals surface area contributed by atoms with Gasteiger partial charge in [-0.1, -0.05) is 6.92 Å². The molecule has 0 aliphatic rings. The Morgan fingerprint density at radius 1 is 1.29 bits per heavy atom. The van der Waals surface area contributed by atoms with Gasteiger partial charge in [-0.3, -0.25) is 4.79 Å². The lowest BCUT2D eigenvalue weighted by molar-refractivity contribution is -0.137. The highest BCUT2D eigenvalue weighted by Crippen LogP contribution is 2.36. The fourth-order valence-corrected chi connectivity index (χ4v) is 2.01. The van der Waals surface area contributed by atoms with Crippen molar-refractivity contribution in [2.24, 2.45) is 0 Å². The van der Waals surface area contributed by atoms with E-state index in [4.69, 9.17) is 0 Å². The standard InChI is InChI=1S/C14H12F4N2O/c1-3-11-7(2)13(21)20-12(19-11)9-5-4-8(15)6-10(9)14(16,17)18/h4-6H,3H2,1-2H3,(H,19,20,21). The first-order valence-corrected chi connectivity index (χ1v) is 6.21. The van der Waals surface area contributed by atoms with Gasteiger partial charge in [0.15, 0.2) is 0 Å². The van der Waals surface area contributed by atoms with Crippen LogP contribution in [0.2, 0.25) is 0 Å². The van der Waals surface area contributed by atoms with Gasteiger partial charge in [-0.2, -0.15) is 13.2 Å². The zero-order valence-electron chi connectivity index (χ0n) is 11.3. The number of benzene rings is 1. The molecule has 112 valence electrons. The Hall–Kier alpha value is -2.18. The zero-order valence-corrected chi connectivity index (χ0v) is 11.3. The Labute approximate surface area is 117 Å². The Balaban J connectivity index is 2.73. The number of aromatic amines is 1. The van der Waals surface area contributed by atoms with Gasteiger partial charge in [0.05, 0.1) is 11.3 Å². The van der Waals surface area contributed by atoms with Gasteiger partial charge in [-0.05, 0) is 31.5 Å². The van der Waals surface area contributed by atoms with Gasteiger partial charge < -0.3 is 4.98 Å². The van der Waals surface area contributed by atoms with E-state index >= 15 is 0 Å². The van der Waals surface area contributed by atoms with Crippen molar-refractivity contribution in [2.75, 3.05) is 0 Å². The molecule has 1 aromatic carbocycles. The second-order valence-electron chi connectivity index (χ2n) is 4.53. The minimum Gasteiger partial charge on any atom is -0.306 e. The number of aryl methyl sites for hydroxylation is 1. The van der Waals surface area contributed by atoms with Crippen LogP contribution in [0.3, 0.4) is 0 Å². The van der Waals surface area contributed by atoms with Crippen molar-refractivity contribution in [2.45, 2.75) is 26.4 Å². The van der Waals surface area contributed by atoms with E-state index in [1.165, 1.54) is 0 Å². The molecule has 1 aromatic heterocycles. The van der Waals surface area contributed by atoms with Crippen LogP contribution in [0.5, 0.6) is 0 Å². The van der Waals surface area contributed by atoms with Crippen LogP contribution in [-0.4, -0.2) is 9.97 Å². The maximum Gasteiger partial charge on any atom is 0.417 e. The highest BCUT2D eigenvalue weighted by molar-refractivity contribution is 5.61. The normalized spacial score (nSPS) is 11.7. The highest BCUT2D eigenvalue weighted by Gasteiger charge is 2.34. The summed E-state index contributed by atoms with van der Waals surface area (Å²) in [6.07, 6.45) is -4.33. The summed E-state index contributed by atoms with van der Waals surface area (Å²) in [5.74, 6) is -1.22. The van der Waals surface area contributed by atoms with E-state index in [-0.39, 0.29) is 11.4 Å². The summed E-state index contributed by atoms with van der Waals surface area (Å²) in [4.78, 5) is 18.1. The summed E-state index contributed by atoms with van der Waals surface area (Å²) in [6, 6.07) is 2.25. The van der Waals surface area contributed by atoms with Crippen molar-refractivity contribution < 1.29 is 17.6 Å². The van der Waals surface area contributed by atoms with Crippen molar-refractivity contribution in [3.05, 3.63) is 51.2 Å². The van der Waals surface area contributed by atoms with Crippen LogP contribution in [0.4, 0.5) is 17.6 Å². The molecule has 0 fully saturated rings. The predicted octanol–water partition coefficient (Wildman–Crippen LogP) is 3.47. The van der Waals surface area contributed by atoms with E-state index in [0.717, 1.165) is 12.1 Å². The van der Waals surface area contributed by atoms with Crippen LogP contribution in [-0.2, 0) is 12.6 Å². The monoisotopic (exact) mass is 300 g/mol. The summed E-state index contributed by atoms with van der Waals surface area (Å²) >= 11 is 0. The van der Waals surface area contributed by atoms with Crippen LogP contribution in [0.1, 0.15) is 23.7 Å². The first kappa shape index (κ1) is 15.2. The SMILES string of the molecule is CCc1nc(-c2ccc(F)cc2C(F)(F)F)[nH]c(=O)c1C. The van der Waals surface area contributed by atoms with Crippen molar-refractivity contribution >= 4 is 0 Å². The summed E-state index contributed by atoms with van der Waals surface area (Å²) in [7, 11) is 0. The molecule has 0 amide bonds. The molecule has 1 heterocycles. The van der Waals surface area contributed by atoms with Gasteiger partial charge in [0.1, 0.15) is 11.6 Å². The Bertz CT molecular complexity index is 735. The summed E-state index contributed by atoms with van der Waals surface area (Å²) in [6.45, 7) is 3.29. The lowest BCUT2D eigenvalue weighted by Crippen LogP contribution is -2.17. The lowest BCUT2D eigenvalue weighted by Gasteiger charge is -2.13. The van der Waals surface area contributed by atoms with E-state index < -0.39 is 23.1 Å². The molecule has 0 saturated heterocycles. The van der Waals surface area contributed by atoms with E-state index in [1.807, 2.05) is 0 Å². The van der Waals surface area contributed by atoms with Gasteiger partial charge in [0.2, 0.25) is 0 Å². The quantitative estimate of drug-likeness (QED) is 0.863. The number of nitrogens with one attached hydrogen (secondary N) is 1. The van der Waals surface area contributed by atoms with E-state index in [2.05, 4.69) is 9.97 Å². The Morgan fingerprint density at radius 2 is 1.95 bits per heavy atom.